The summed E-state index contributed by atoms with van der Waals surface area (Å²) in [6.07, 6.45) is 6.52. The van der Waals surface area contributed by atoms with Gasteiger partial charge in [-0.25, -0.2) is 0 Å². The standard InChI is InChI=1S/C13H23NO/c1-13(2)6-5-11(12(13)15)14-8-9-3-4-10(14)7-9/h9-12,15H,3-8H2,1-2H3. The molecule has 4 unspecified atom stereocenters. The molecule has 0 aromatic carbocycles. The van der Waals surface area contributed by atoms with Crippen LogP contribution >= 0.6 is 0 Å². The topological polar surface area (TPSA) is 23.5 Å². The Morgan fingerprint density at radius 1 is 1.20 bits per heavy atom. The van der Waals surface area contributed by atoms with Crippen molar-refractivity contribution in [2.45, 2.75) is 64.1 Å². The van der Waals surface area contributed by atoms with E-state index >= 15 is 0 Å². The van der Waals surface area contributed by atoms with Gasteiger partial charge in [-0.15, -0.1) is 0 Å². The van der Waals surface area contributed by atoms with Gasteiger partial charge < -0.3 is 5.11 Å². The Kier molecular flexibility index (Phi) is 2.16. The molecule has 0 radical (unpaired) electrons. The van der Waals surface area contributed by atoms with Gasteiger partial charge in [0.1, 0.15) is 0 Å². The molecular weight excluding hydrogens is 186 g/mol. The van der Waals surface area contributed by atoms with Crippen LogP contribution in [0.2, 0.25) is 0 Å². The summed E-state index contributed by atoms with van der Waals surface area (Å²) in [4.78, 5) is 2.63. The Morgan fingerprint density at radius 3 is 2.47 bits per heavy atom. The van der Waals surface area contributed by atoms with E-state index in [1.165, 1.54) is 38.6 Å². The molecule has 86 valence electrons. The van der Waals surface area contributed by atoms with E-state index in [2.05, 4.69) is 18.7 Å². The zero-order valence-corrected chi connectivity index (χ0v) is 9.95. The van der Waals surface area contributed by atoms with Gasteiger partial charge in [-0.1, -0.05) is 13.8 Å². The van der Waals surface area contributed by atoms with E-state index in [0.29, 0.717) is 6.04 Å². The van der Waals surface area contributed by atoms with Gasteiger partial charge in [0.25, 0.3) is 0 Å². The molecule has 2 saturated carbocycles. The van der Waals surface area contributed by atoms with Gasteiger partial charge in [0, 0.05) is 18.6 Å². The summed E-state index contributed by atoms with van der Waals surface area (Å²) in [6, 6.07) is 1.28. The Hall–Kier alpha value is -0.0800. The van der Waals surface area contributed by atoms with E-state index in [4.69, 9.17) is 0 Å². The van der Waals surface area contributed by atoms with Crippen LogP contribution in [0, 0.1) is 11.3 Å². The lowest BCUT2D eigenvalue weighted by atomic mass is 9.88. The lowest BCUT2D eigenvalue weighted by Gasteiger charge is -2.36. The first-order valence-electron chi connectivity index (χ1n) is 6.52. The minimum Gasteiger partial charge on any atom is -0.391 e. The van der Waals surface area contributed by atoms with Crippen molar-refractivity contribution in [3.8, 4) is 0 Å². The number of nitrogens with zero attached hydrogens (tertiary/aromatic N) is 1. The van der Waals surface area contributed by atoms with Gasteiger partial charge in [-0.05, 0) is 43.4 Å². The smallest absolute Gasteiger partial charge is 0.0746 e. The van der Waals surface area contributed by atoms with E-state index < -0.39 is 0 Å². The van der Waals surface area contributed by atoms with Crippen molar-refractivity contribution in [3.05, 3.63) is 0 Å². The largest absolute Gasteiger partial charge is 0.391 e. The van der Waals surface area contributed by atoms with Crippen LogP contribution in [0.15, 0.2) is 0 Å². The van der Waals surface area contributed by atoms with E-state index in [1.54, 1.807) is 0 Å². The normalized spacial score (nSPS) is 49.0. The predicted molar refractivity (Wildman–Crippen MR) is 60.6 cm³/mol. The highest BCUT2D eigenvalue weighted by Gasteiger charge is 2.49. The molecule has 2 bridgehead atoms. The quantitative estimate of drug-likeness (QED) is 0.714. The fourth-order valence-electron chi connectivity index (χ4n) is 4.06. The van der Waals surface area contributed by atoms with Crippen molar-refractivity contribution in [2.75, 3.05) is 6.54 Å². The lowest BCUT2D eigenvalue weighted by Crippen LogP contribution is -2.47. The first-order chi connectivity index (χ1) is 7.08. The van der Waals surface area contributed by atoms with E-state index in [1.807, 2.05) is 0 Å². The van der Waals surface area contributed by atoms with Crippen molar-refractivity contribution in [1.29, 1.82) is 0 Å². The van der Waals surface area contributed by atoms with Crippen LogP contribution in [0.5, 0.6) is 0 Å². The summed E-state index contributed by atoms with van der Waals surface area (Å²) in [5.41, 5.74) is 0.145. The minimum absolute atomic E-state index is 0.100. The summed E-state index contributed by atoms with van der Waals surface area (Å²) in [5.74, 6) is 0.950. The second-order valence-corrected chi connectivity index (χ2v) is 6.57. The molecule has 1 aliphatic heterocycles. The maximum Gasteiger partial charge on any atom is 0.0746 e. The van der Waals surface area contributed by atoms with Crippen molar-refractivity contribution < 1.29 is 5.11 Å². The van der Waals surface area contributed by atoms with Gasteiger partial charge in [0.2, 0.25) is 0 Å². The van der Waals surface area contributed by atoms with E-state index in [9.17, 15) is 5.11 Å². The molecule has 4 atom stereocenters. The molecule has 1 N–H and O–H groups in total. The molecule has 2 aliphatic carbocycles. The van der Waals surface area contributed by atoms with Gasteiger partial charge in [-0.3, -0.25) is 4.90 Å². The number of aliphatic hydroxyl groups excluding tert-OH is 1. The van der Waals surface area contributed by atoms with Crippen LogP contribution in [0.25, 0.3) is 0 Å². The number of hydrogen-bond donors (Lipinski definition) is 1. The molecule has 0 aromatic heterocycles. The highest BCUT2D eigenvalue weighted by Crippen LogP contribution is 2.46. The molecule has 3 fully saturated rings. The minimum atomic E-state index is -0.100. The number of fused-ring (bicyclic) bond motifs is 2. The molecule has 2 nitrogen and oxygen atoms in total. The third-order valence-corrected chi connectivity index (χ3v) is 5.13. The van der Waals surface area contributed by atoms with Crippen LogP contribution in [0.4, 0.5) is 0 Å². The van der Waals surface area contributed by atoms with E-state index in [0.717, 1.165) is 12.0 Å². The van der Waals surface area contributed by atoms with Crippen LogP contribution in [0.3, 0.4) is 0 Å². The van der Waals surface area contributed by atoms with Gasteiger partial charge in [0.05, 0.1) is 6.10 Å². The third kappa shape index (κ3) is 1.45. The average molecular weight is 209 g/mol. The fraction of sp³-hybridized carbons (Fsp3) is 1.00. The molecule has 0 aromatic rings. The SMILES string of the molecule is CC1(C)CCC(N2CC3CCC2C3)C1O. The first kappa shape index (κ1) is 10.1. The summed E-state index contributed by atoms with van der Waals surface area (Å²) >= 11 is 0. The number of hydrogen-bond acceptors (Lipinski definition) is 2. The molecule has 0 spiro atoms. The highest BCUT2D eigenvalue weighted by molar-refractivity contribution is 5.02. The van der Waals surface area contributed by atoms with Gasteiger partial charge in [-0.2, -0.15) is 0 Å². The molecule has 1 saturated heterocycles. The number of aliphatic hydroxyl groups is 1. The Morgan fingerprint density at radius 2 is 2.00 bits per heavy atom. The maximum absolute atomic E-state index is 10.4. The first-order valence-corrected chi connectivity index (χ1v) is 6.52. The number of likely N-dealkylation sites (tertiary alicyclic amines) is 1. The van der Waals surface area contributed by atoms with Crippen LogP contribution < -0.4 is 0 Å². The maximum atomic E-state index is 10.4. The van der Waals surface area contributed by atoms with Crippen LogP contribution in [-0.2, 0) is 0 Å². The molecule has 1 heterocycles. The number of rotatable bonds is 1. The van der Waals surface area contributed by atoms with Crippen molar-refractivity contribution in [3.63, 3.8) is 0 Å². The molecule has 0 amide bonds. The third-order valence-electron chi connectivity index (χ3n) is 5.13. The molecule has 2 heteroatoms. The molecule has 3 aliphatic rings. The Labute approximate surface area is 92.7 Å². The predicted octanol–water partition coefficient (Wildman–Crippen LogP) is 2.02. The Bertz CT molecular complexity index is 263. The zero-order chi connectivity index (χ0) is 10.6. The highest BCUT2D eigenvalue weighted by atomic mass is 16.3. The zero-order valence-electron chi connectivity index (χ0n) is 9.95. The molecular formula is C13H23NO. The Balaban J connectivity index is 1.74. The van der Waals surface area contributed by atoms with Crippen LogP contribution in [-0.4, -0.2) is 34.7 Å². The second kappa shape index (κ2) is 3.21. The molecule has 3 rings (SSSR count). The second-order valence-electron chi connectivity index (χ2n) is 6.57. The van der Waals surface area contributed by atoms with E-state index in [-0.39, 0.29) is 11.5 Å². The summed E-state index contributed by atoms with van der Waals surface area (Å²) in [5, 5.41) is 10.4. The summed E-state index contributed by atoms with van der Waals surface area (Å²) < 4.78 is 0. The summed E-state index contributed by atoms with van der Waals surface area (Å²) in [6.45, 7) is 5.69. The fourth-order valence-corrected chi connectivity index (χ4v) is 4.06. The van der Waals surface area contributed by atoms with Crippen molar-refractivity contribution >= 4 is 0 Å². The van der Waals surface area contributed by atoms with Crippen LogP contribution in [0.1, 0.15) is 46.0 Å². The van der Waals surface area contributed by atoms with Gasteiger partial charge >= 0.3 is 0 Å². The number of piperidine rings is 1. The molecule has 15 heavy (non-hydrogen) atoms. The summed E-state index contributed by atoms with van der Waals surface area (Å²) in [7, 11) is 0. The van der Waals surface area contributed by atoms with Crippen molar-refractivity contribution in [1.82, 2.24) is 4.90 Å². The monoisotopic (exact) mass is 209 g/mol. The van der Waals surface area contributed by atoms with Crippen molar-refractivity contribution in [2.24, 2.45) is 11.3 Å². The van der Waals surface area contributed by atoms with Gasteiger partial charge in [0.15, 0.2) is 0 Å². The lowest BCUT2D eigenvalue weighted by molar-refractivity contribution is 0.00378. The average Bonchev–Trinajstić information content (AvgIpc) is 2.83.